The largest absolute Gasteiger partial charge is 0.497 e. The first-order chi connectivity index (χ1) is 11.7. The molecule has 1 saturated heterocycles. The fourth-order valence-corrected chi connectivity index (χ4v) is 3.34. The Morgan fingerprint density at radius 1 is 1.25 bits per heavy atom. The monoisotopic (exact) mass is 325 g/mol. The van der Waals surface area contributed by atoms with E-state index in [9.17, 15) is 9.90 Å². The van der Waals surface area contributed by atoms with E-state index < -0.39 is 6.10 Å². The number of benzene rings is 2. The van der Waals surface area contributed by atoms with Gasteiger partial charge in [-0.05, 0) is 43.0 Å². The minimum Gasteiger partial charge on any atom is -0.497 e. The summed E-state index contributed by atoms with van der Waals surface area (Å²) < 4.78 is 5.21. The third-order valence-electron chi connectivity index (χ3n) is 4.63. The van der Waals surface area contributed by atoms with Crippen LogP contribution in [0.15, 0.2) is 54.6 Å². The Bertz CT molecular complexity index is 686. The topological polar surface area (TPSA) is 49.8 Å². The van der Waals surface area contributed by atoms with Crippen molar-refractivity contribution in [1.82, 2.24) is 4.90 Å². The number of carbonyl (C=O) groups is 1. The summed E-state index contributed by atoms with van der Waals surface area (Å²) in [4.78, 5) is 14.7. The molecule has 1 aliphatic heterocycles. The first-order valence-electron chi connectivity index (χ1n) is 8.37. The van der Waals surface area contributed by atoms with Crippen molar-refractivity contribution >= 4 is 5.91 Å². The van der Waals surface area contributed by atoms with Crippen LogP contribution < -0.4 is 4.74 Å². The van der Waals surface area contributed by atoms with Crippen LogP contribution in [0.3, 0.4) is 0 Å². The molecule has 1 N–H and O–H groups in total. The summed E-state index contributed by atoms with van der Waals surface area (Å²) in [5, 5.41) is 10.5. The van der Waals surface area contributed by atoms with Gasteiger partial charge in [-0.2, -0.15) is 0 Å². The molecule has 0 aliphatic carbocycles. The Kier molecular flexibility index (Phi) is 5.16. The van der Waals surface area contributed by atoms with Crippen molar-refractivity contribution in [1.29, 1.82) is 0 Å². The van der Waals surface area contributed by atoms with Crippen LogP contribution >= 0.6 is 0 Å². The summed E-state index contributed by atoms with van der Waals surface area (Å²) in [6, 6.07) is 16.9. The minimum absolute atomic E-state index is 0.0108. The highest BCUT2D eigenvalue weighted by Gasteiger charge is 2.31. The molecule has 2 atom stereocenters. The van der Waals surface area contributed by atoms with Crippen LogP contribution in [0.25, 0.3) is 0 Å². The molecule has 4 heteroatoms. The number of aliphatic hydroxyl groups is 1. The van der Waals surface area contributed by atoms with Crippen LogP contribution in [-0.4, -0.2) is 35.6 Å². The maximum Gasteiger partial charge on any atom is 0.254 e. The lowest BCUT2D eigenvalue weighted by molar-refractivity contribution is 0.0666. The molecular weight excluding hydrogens is 302 g/mol. The van der Waals surface area contributed by atoms with Crippen LogP contribution in [0.1, 0.15) is 41.3 Å². The third kappa shape index (κ3) is 3.60. The van der Waals surface area contributed by atoms with Crippen LogP contribution in [0.2, 0.25) is 0 Å². The number of amides is 1. The van der Waals surface area contributed by atoms with Gasteiger partial charge in [0.05, 0.1) is 13.2 Å². The van der Waals surface area contributed by atoms with Crippen molar-refractivity contribution in [3.63, 3.8) is 0 Å². The smallest absolute Gasteiger partial charge is 0.254 e. The number of aliphatic hydroxyl groups excluding tert-OH is 1. The molecule has 1 amide bonds. The lowest BCUT2D eigenvalue weighted by Crippen LogP contribution is -2.36. The average Bonchev–Trinajstić information content (AvgIpc) is 3.10. The van der Waals surface area contributed by atoms with Crippen LogP contribution in [0.5, 0.6) is 5.75 Å². The van der Waals surface area contributed by atoms with Crippen LogP contribution in [-0.2, 0) is 0 Å². The van der Waals surface area contributed by atoms with E-state index in [0.717, 1.165) is 24.9 Å². The predicted molar refractivity (Wildman–Crippen MR) is 93.1 cm³/mol. The first kappa shape index (κ1) is 16.5. The Hall–Kier alpha value is -2.33. The van der Waals surface area contributed by atoms with Crippen molar-refractivity contribution in [3.8, 4) is 5.75 Å². The van der Waals surface area contributed by atoms with E-state index in [1.54, 1.807) is 13.2 Å². The highest BCUT2D eigenvalue weighted by atomic mass is 16.5. The predicted octanol–water partition coefficient (Wildman–Crippen LogP) is 3.42. The van der Waals surface area contributed by atoms with E-state index in [0.29, 0.717) is 17.7 Å². The van der Waals surface area contributed by atoms with Crippen LogP contribution in [0, 0.1) is 0 Å². The molecule has 2 aromatic carbocycles. The molecule has 1 heterocycles. The molecule has 126 valence electrons. The zero-order valence-electron chi connectivity index (χ0n) is 13.9. The van der Waals surface area contributed by atoms with E-state index in [1.807, 2.05) is 53.4 Å². The molecule has 0 spiro atoms. The van der Waals surface area contributed by atoms with E-state index in [-0.39, 0.29) is 11.9 Å². The van der Waals surface area contributed by atoms with Crippen LogP contribution in [0.4, 0.5) is 0 Å². The summed E-state index contributed by atoms with van der Waals surface area (Å²) in [5.74, 6) is 0.692. The number of rotatable bonds is 5. The lowest BCUT2D eigenvalue weighted by atomic mass is 10.00. The second-order valence-electron chi connectivity index (χ2n) is 6.19. The molecule has 0 unspecified atom stereocenters. The average molecular weight is 325 g/mol. The molecule has 0 saturated carbocycles. The number of nitrogens with zero attached hydrogens (tertiary/aromatic N) is 1. The third-order valence-corrected chi connectivity index (χ3v) is 4.63. The molecular formula is C20H23NO3. The molecule has 2 aromatic rings. The molecule has 0 radical (unpaired) electrons. The van der Waals surface area contributed by atoms with Crippen molar-refractivity contribution < 1.29 is 14.6 Å². The summed E-state index contributed by atoms with van der Waals surface area (Å²) in [5.41, 5.74) is 1.54. The SMILES string of the molecule is COc1cccc(C(=O)N2CCC[C@@H]2C[C@H](O)c2ccccc2)c1. The van der Waals surface area contributed by atoms with Gasteiger partial charge in [0, 0.05) is 18.2 Å². The number of hydrogen-bond donors (Lipinski definition) is 1. The van der Waals surface area contributed by atoms with Gasteiger partial charge in [0.1, 0.15) is 5.75 Å². The van der Waals surface area contributed by atoms with Crippen molar-refractivity contribution in [2.75, 3.05) is 13.7 Å². The lowest BCUT2D eigenvalue weighted by Gasteiger charge is -2.27. The molecule has 1 aliphatic rings. The fourth-order valence-electron chi connectivity index (χ4n) is 3.34. The second-order valence-corrected chi connectivity index (χ2v) is 6.19. The summed E-state index contributed by atoms with van der Waals surface area (Å²) >= 11 is 0. The number of carbonyl (C=O) groups excluding carboxylic acids is 1. The molecule has 3 rings (SSSR count). The van der Waals surface area contributed by atoms with Gasteiger partial charge in [-0.15, -0.1) is 0 Å². The summed E-state index contributed by atoms with van der Waals surface area (Å²) in [6.45, 7) is 0.738. The van der Waals surface area contributed by atoms with Crippen molar-refractivity contribution in [3.05, 3.63) is 65.7 Å². The van der Waals surface area contributed by atoms with E-state index in [1.165, 1.54) is 0 Å². The summed E-state index contributed by atoms with van der Waals surface area (Å²) in [6.07, 6.45) is 1.93. The minimum atomic E-state index is -0.546. The fraction of sp³-hybridized carbons (Fsp3) is 0.350. The Morgan fingerprint density at radius 3 is 2.79 bits per heavy atom. The van der Waals surface area contributed by atoms with Crippen molar-refractivity contribution in [2.45, 2.75) is 31.4 Å². The van der Waals surface area contributed by atoms with Gasteiger partial charge in [0.25, 0.3) is 5.91 Å². The first-order valence-corrected chi connectivity index (χ1v) is 8.37. The molecule has 1 fully saturated rings. The van der Waals surface area contributed by atoms with Gasteiger partial charge in [0.15, 0.2) is 0 Å². The van der Waals surface area contributed by atoms with Gasteiger partial charge in [0.2, 0.25) is 0 Å². The molecule has 4 nitrogen and oxygen atoms in total. The molecule has 0 bridgehead atoms. The number of ether oxygens (including phenoxy) is 1. The number of methoxy groups -OCH3 is 1. The van der Waals surface area contributed by atoms with Gasteiger partial charge in [-0.3, -0.25) is 4.79 Å². The maximum atomic E-state index is 12.8. The Morgan fingerprint density at radius 2 is 2.04 bits per heavy atom. The van der Waals surface area contributed by atoms with E-state index in [4.69, 9.17) is 4.74 Å². The highest BCUT2D eigenvalue weighted by Crippen LogP contribution is 2.29. The molecule has 24 heavy (non-hydrogen) atoms. The highest BCUT2D eigenvalue weighted by molar-refractivity contribution is 5.95. The second kappa shape index (κ2) is 7.49. The Balaban J connectivity index is 1.71. The Labute approximate surface area is 142 Å². The standard InChI is InChI=1S/C20H23NO3/c1-24-18-11-5-9-16(13-18)20(23)21-12-6-10-17(21)14-19(22)15-7-3-2-4-8-15/h2-5,7-9,11,13,17,19,22H,6,10,12,14H2,1H3/t17-,19+/m1/s1. The summed E-state index contributed by atoms with van der Waals surface area (Å²) in [7, 11) is 1.60. The van der Waals surface area contributed by atoms with Crippen molar-refractivity contribution in [2.24, 2.45) is 0 Å². The number of hydrogen-bond acceptors (Lipinski definition) is 3. The van der Waals surface area contributed by atoms with Gasteiger partial charge in [-0.1, -0.05) is 36.4 Å². The normalized spacial score (nSPS) is 18.4. The zero-order valence-corrected chi connectivity index (χ0v) is 13.9. The van der Waals surface area contributed by atoms with E-state index in [2.05, 4.69) is 0 Å². The molecule has 0 aromatic heterocycles. The van der Waals surface area contributed by atoms with Gasteiger partial charge in [-0.25, -0.2) is 0 Å². The van der Waals surface area contributed by atoms with E-state index >= 15 is 0 Å². The maximum absolute atomic E-state index is 12.8. The number of likely N-dealkylation sites (tertiary alicyclic amines) is 1. The zero-order chi connectivity index (χ0) is 16.9. The van der Waals surface area contributed by atoms with Gasteiger partial charge < -0.3 is 14.7 Å². The quantitative estimate of drug-likeness (QED) is 0.916. The van der Waals surface area contributed by atoms with Gasteiger partial charge >= 0.3 is 0 Å².